The van der Waals surface area contributed by atoms with Gasteiger partial charge in [0, 0.05) is 30.6 Å². The summed E-state index contributed by atoms with van der Waals surface area (Å²) < 4.78 is 16.5. The maximum Gasteiger partial charge on any atom is 0.226 e. The van der Waals surface area contributed by atoms with Crippen molar-refractivity contribution in [2.45, 2.75) is 13.0 Å². The molecule has 4 rings (SSSR count). The molecule has 0 unspecified atom stereocenters. The molecule has 1 aliphatic heterocycles. The summed E-state index contributed by atoms with van der Waals surface area (Å²) in [6, 6.07) is 11.0. The van der Waals surface area contributed by atoms with Gasteiger partial charge in [-0.15, -0.1) is 0 Å². The Bertz CT molecular complexity index is 908. The third-order valence-electron chi connectivity index (χ3n) is 3.97. The van der Waals surface area contributed by atoms with Crippen molar-refractivity contribution in [2.75, 3.05) is 13.2 Å². The first-order valence-corrected chi connectivity index (χ1v) is 8.29. The molecule has 0 bridgehead atoms. The Morgan fingerprint density at radius 3 is 2.69 bits per heavy atom. The van der Waals surface area contributed by atoms with Gasteiger partial charge in [0.1, 0.15) is 13.2 Å². The quantitative estimate of drug-likeness (QED) is 0.759. The zero-order valence-electron chi connectivity index (χ0n) is 14.0. The van der Waals surface area contributed by atoms with E-state index >= 15 is 0 Å². The largest absolute Gasteiger partial charge is 0.486 e. The number of hydrogen-bond donors (Lipinski definition) is 1. The van der Waals surface area contributed by atoms with Gasteiger partial charge < -0.3 is 19.3 Å². The summed E-state index contributed by atoms with van der Waals surface area (Å²) in [4.78, 5) is 16.0. The fraction of sp³-hybridized carbons (Fsp3) is 0.211. The first-order chi connectivity index (χ1) is 12.8. The van der Waals surface area contributed by atoms with Crippen molar-refractivity contribution in [3.8, 4) is 22.8 Å². The van der Waals surface area contributed by atoms with Gasteiger partial charge in [-0.2, -0.15) is 0 Å². The zero-order valence-corrected chi connectivity index (χ0v) is 14.0. The van der Waals surface area contributed by atoms with Crippen LogP contribution in [0.25, 0.3) is 11.3 Å². The number of ether oxygens (including phenoxy) is 2. The van der Waals surface area contributed by atoms with Gasteiger partial charge in [0.15, 0.2) is 17.3 Å². The Kier molecular flexibility index (Phi) is 4.51. The molecule has 0 fully saturated rings. The summed E-state index contributed by atoms with van der Waals surface area (Å²) in [5.41, 5.74) is 2.39. The lowest BCUT2D eigenvalue weighted by Crippen LogP contribution is -2.24. The van der Waals surface area contributed by atoms with E-state index in [0.717, 1.165) is 16.9 Å². The van der Waals surface area contributed by atoms with E-state index in [1.807, 2.05) is 30.3 Å². The Labute approximate surface area is 149 Å². The van der Waals surface area contributed by atoms with Crippen LogP contribution in [0.2, 0.25) is 0 Å². The van der Waals surface area contributed by atoms with Crippen molar-refractivity contribution in [1.82, 2.24) is 15.5 Å². The van der Waals surface area contributed by atoms with Crippen molar-refractivity contribution in [3.05, 3.63) is 60.0 Å². The molecule has 0 saturated carbocycles. The van der Waals surface area contributed by atoms with E-state index in [1.54, 1.807) is 18.5 Å². The molecule has 1 aromatic carbocycles. The number of benzene rings is 1. The minimum absolute atomic E-state index is 0.121. The molecule has 0 aliphatic carbocycles. The molecule has 7 heteroatoms. The monoisotopic (exact) mass is 351 g/mol. The Morgan fingerprint density at radius 1 is 1.04 bits per heavy atom. The molecule has 1 amide bonds. The van der Waals surface area contributed by atoms with Gasteiger partial charge in [0.05, 0.1) is 12.1 Å². The number of nitrogens with one attached hydrogen (secondary N) is 1. The number of aromatic nitrogens is 2. The number of nitrogens with zero attached hydrogens (tertiary/aromatic N) is 2. The summed E-state index contributed by atoms with van der Waals surface area (Å²) >= 11 is 0. The van der Waals surface area contributed by atoms with E-state index < -0.39 is 0 Å². The third-order valence-corrected chi connectivity index (χ3v) is 3.97. The standard InChI is InChI=1S/C19H17N3O4/c23-19(21-12-13-3-5-20-6-4-13)11-15-10-17(26-22-15)14-1-2-16-18(9-14)25-8-7-24-16/h1-6,9-10H,7-8,11-12H2,(H,21,23). The second-order valence-corrected chi connectivity index (χ2v) is 5.85. The van der Waals surface area contributed by atoms with E-state index in [9.17, 15) is 4.79 Å². The van der Waals surface area contributed by atoms with Crippen molar-refractivity contribution in [1.29, 1.82) is 0 Å². The molecule has 0 radical (unpaired) electrons. The van der Waals surface area contributed by atoms with Crippen LogP contribution in [-0.2, 0) is 17.8 Å². The fourth-order valence-corrected chi connectivity index (χ4v) is 2.66. The molecule has 3 heterocycles. The zero-order chi connectivity index (χ0) is 17.8. The summed E-state index contributed by atoms with van der Waals surface area (Å²) in [5.74, 6) is 1.86. The lowest BCUT2D eigenvalue weighted by Gasteiger charge is -2.18. The average Bonchev–Trinajstić information content (AvgIpc) is 3.15. The van der Waals surface area contributed by atoms with Crippen LogP contribution >= 0.6 is 0 Å². The highest BCUT2D eigenvalue weighted by Gasteiger charge is 2.15. The molecule has 0 saturated heterocycles. The topological polar surface area (TPSA) is 86.5 Å². The molecule has 3 aromatic rings. The van der Waals surface area contributed by atoms with Gasteiger partial charge in [0.25, 0.3) is 0 Å². The highest BCUT2D eigenvalue weighted by molar-refractivity contribution is 5.78. The van der Waals surface area contributed by atoms with Gasteiger partial charge in [-0.25, -0.2) is 0 Å². The van der Waals surface area contributed by atoms with Gasteiger partial charge in [-0.1, -0.05) is 5.16 Å². The van der Waals surface area contributed by atoms with E-state index in [1.165, 1.54) is 0 Å². The second kappa shape index (κ2) is 7.26. The predicted molar refractivity (Wildman–Crippen MR) is 92.7 cm³/mol. The van der Waals surface area contributed by atoms with Crippen molar-refractivity contribution >= 4 is 5.91 Å². The smallest absolute Gasteiger partial charge is 0.226 e. The minimum atomic E-state index is -0.121. The number of hydrogen-bond acceptors (Lipinski definition) is 6. The van der Waals surface area contributed by atoms with Gasteiger partial charge in [-0.3, -0.25) is 9.78 Å². The number of amides is 1. The highest BCUT2D eigenvalue weighted by atomic mass is 16.6. The van der Waals surface area contributed by atoms with E-state index in [0.29, 0.717) is 37.0 Å². The van der Waals surface area contributed by atoms with Crippen molar-refractivity contribution in [3.63, 3.8) is 0 Å². The maximum absolute atomic E-state index is 12.1. The van der Waals surface area contributed by atoms with Gasteiger partial charge >= 0.3 is 0 Å². The molecular weight excluding hydrogens is 334 g/mol. The average molecular weight is 351 g/mol. The summed E-state index contributed by atoms with van der Waals surface area (Å²) in [7, 11) is 0. The number of rotatable bonds is 5. The van der Waals surface area contributed by atoms with Crippen LogP contribution in [0.15, 0.2) is 53.3 Å². The van der Waals surface area contributed by atoms with Crippen molar-refractivity contribution < 1.29 is 18.8 Å². The molecule has 26 heavy (non-hydrogen) atoms. The lowest BCUT2D eigenvalue weighted by atomic mass is 10.1. The fourth-order valence-electron chi connectivity index (χ4n) is 2.66. The second-order valence-electron chi connectivity index (χ2n) is 5.85. The number of pyridine rings is 1. The van der Waals surface area contributed by atoms with Crippen LogP contribution in [0.1, 0.15) is 11.3 Å². The lowest BCUT2D eigenvalue weighted by molar-refractivity contribution is -0.120. The Morgan fingerprint density at radius 2 is 1.85 bits per heavy atom. The molecule has 7 nitrogen and oxygen atoms in total. The highest BCUT2D eigenvalue weighted by Crippen LogP contribution is 2.34. The van der Waals surface area contributed by atoms with Crippen LogP contribution < -0.4 is 14.8 Å². The summed E-state index contributed by atoms with van der Waals surface area (Å²) in [5, 5.41) is 6.83. The molecular formula is C19H17N3O4. The van der Waals surface area contributed by atoms with Crippen LogP contribution in [0.5, 0.6) is 11.5 Å². The first-order valence-electron chi connectivity index (χ1n) is 8.29. The number of carbonyl (C=O) groups excluding carboxylic acids is 1. The summed E-state index contributed by atoms with van der Waals surface area (Å²) in [6.45, 7) is 1.53. The molecule has 1 aliphatic rings. The summed E-state index contributed by atoms with van der Waals surface area (Å²) in [6.07, 6.45) is 3.54. The van der Waals surface area contributed by atoms with Crippen LogP contribution in [-0.4, -0.2) is 29.3 Å². The maximum atomic E-state index is 12.1. The Balaban J connectivity index is 1.39. The molecule has 0 atom stereocenters. The molecule has 0 spiro atoms. The molecule has 132 valence electrons. The van der Waals surface area contributed by atoms with Crippen molar-refractivity contribution in [2.24, 2.45) is 0 Å². The van der Waals surface area contributed by atoms with Crippen LogP contribution in [0.3, 0.4) is 0 Å². The van der Waals surface area contributed by atoms with Gasteiger partial charge in [-0.05, 0) is 35.9 Å². The van der Waals surface area contributed by atoms with Crippen LogP contribution in [0.4, 0.5) is 0 Å². The number of carbonyl (C=O) groups is 1. The minimum Gasteiger partial charge on any atom is -0.486 e. The number of fused-ring (bicyclic) bond motifs is 1. The first kappa shape index (κ1) is 16.1. The molecule has 2 aromatic heterocycles. The molecule has 1 N–H and O–H groups in total. The van der Waals surface area contributed by atoms with E-state index in [4.69, 9.17) is 14.0 Å². The normalized spacial score (nSPS) is 12.6. The van der Waals surface area contributed by atoms with Gasteiger partial charge in [0.2, 0.25) is 5.91 Å². The SMILES string of the molecule is O=C(Cc1cc(-c2ccc3c(c2)OCCO3)on1)NCc1ccncc1. The van der Waals surface area contributed by atoms with E-state index in [2.05, 4.69) is 15.5 Å². The third kappa shape index (κ3) is 3.66. The van der Waals surface area contributed by atoms with E-state index in [-0.39, 0.29) is 12.3 Å². The van der Waals surface area contributed by atoms with Crippen LogP contribution in [0, 0.1) is 0 Å². The predicted octanol–water partition coefficient (Wildman–Crippen LogP) is 2.37. The Hall–Kier alpha value is -3.35.